The minimum atomic E-state index is -2.11. The molecule has 5 heteroatoms. The summed E-state index contributed by atoms with van der Waals surface area (Å²) in [5.74, 6) is -0.145. The first-order chi connectivity index (χ1) is 19.2. The van der Waals surface area contributed by atoms with Crippen LogP contribution >= 0.6 is 19.7 Å². The molecular weight excluding hydrogens is 531 g/mol. The Hall–Kier alpha value is -4.17. The van der Waals surface area contributed by atoms with Crippen LogP contribution < -0.4 is 15.9 Å². The zero-order chi connectivity index (χ0) is 26.9. The Balaban J connectivity index is 0.00000370. The maximum Gasteiger partial charge on any atom is 0.213 e. The van der Waals surface area contributed by atoms with Crippen molar-refractivity contribution in [3.05, 3.63) is 163 Å². The van der Waals surface area contributed by atoms with Crippen LogP contribution in [0.5, 0.6) is 0 Å². The highest BCUT2D eigenvalue weighted by Crippen LogP contribution is 2.55. The van der Waals surface area contributed by atoms with Crippen molar-refractivity contribution in [2.75, 3.05) is 6.16 Å². The molecule has 40 heavy (non-hydrogen) atoms. The molecule has 0 aliphatic carbocycles. The summed E-state index contributed by atoms with van der Waals surface area (Å²) in [6.07, 6.45) is 0.705. The number of carbonyl (C=O) groups excluding carboxylic acids is 1. The van der Waals surface area contributed by atoms with Gasteiger partial charge in [0.25, 0.3) is 0 Å². The summed E-state index contributed by atoms with van der Waals surface area (Å²) in [6, 6.07) is 50.9. The Kier molecular flexibility index (Phi) is 9.91. The van der Waals surface area contributed by atoms with Gasteiger partial charge < -0.3 is 0 Å². The van der Waals surface area contributed by atoms with Gasteiger partial charge in [0, 0.05) is 11.1 Å². The molecule has 5 aromatic rings. The standard InChI is InChI=1S/C35H30N2OP.ClH/c1-28(36-37-34(29-17-7-2-8-18-29)35(38)30-19-9-3-10-20-30)27-39(31-21-11-4-12-22-31,32-23-13-5-14-24-32)33-25-15-6-16-26-33;/h2-26H,27H2,1H3;1H/q+1;/b36-28+,37-34?;. The van der Waals surface area contributed by atoms with Crippen LogP contribution in [0.2, 0.25) is 0 Å². The number of halogens is 1. The highest BCUT2D eigenvalue weighted by Gasteiger charge is 2.45. The molecule has 0 aromatic heterocycles. The molecular formula is C35H31ClN2OP+. The summed E-state index contributed by atoms with van der Waals surface area (Å²) in [6.45, 7) is 2.02. The lowest BCUT2D eigenvalue weighted by atomic mass is 10.0. The third kappa shape index (κ3) is 6.34. The second-order valence-electron chi connectivity index (χ2n) is 9.32. The molecule has 0 heterocycles. The van der Waals surface area contributed by atoms with Crippen molar-refractivity contribution in [2.24, 2.45) is 10.2 Å². The fourth-order valence-electron chi connectivity index (χ4n) is 4.84. The Morgan fingerprint density at radius 2 is 0.875 bits per heavy atom. The Morgan fingerprint density at radius 1 is 0.525 bits per heavy atom. The highest BCUT2D eigenvalue weighted by molar-refractivity contribution is 7.96. The van der Waals surface area contributed by atoms with E-state index in [9.17, 15) is 4.79 Å². The van der Waals surface area contributed by atoms with Gasteiger partial charge in [-0.25, -0.2) is 0 Å². The number of rotatable bonds is 9. The lowest BCUT2D eigenvalue weighted by molar-refractivity contribution is 0.106. The summed E-state index contributed by atoms with van der Waals surface area (Å²) in [5, 5.41) is 13.2. The zero-order valence-electron chi connectivity index (χ0n) is 22.3. The van der Waals surface area contributed by atoms with E-state index in [1.807, 2.05) is 67.6 Å². The second-order valence-corrected chi connectivity index (χ2v) is 12.8. The van der Waals surface area contributed by atoms with Crippen LogP contribution in [0.4, 0.5) is 0 Å². The number of Topliss-reactive ketones (excluding diaryl/α,β-unsaturated/α-hetero) is 1. The molecule has 0 aliphatic heterocycles. The summed E-state index contributed by atoms with van der Waals surface area (Å²) in [7, 11) is -2.11. The van der Waals surface area contributed by atoms with Crippen molar-refractivity contribution in [1.82, 2.24) is 0 Å². The summed E-state index contributed by atoms with van der Waals surface area (Å²) in [4.78, 5) is 13.5. The predicted molar refractivity (Wildman–Crippen MR) is 174 cm³/mol. The van der Waals surface area contributed by atoms with Crippen molar-refractivity contribution in [2.45, 2.75) is 6.92 Å². The van der Waals surface area contributed by atoms with E-state index in [4.69, 9.17) is 5.10 Å². The van der Waals surface area contributed by atoms with Gasteiger partial charge in [-0.3, -0.25) is 4.79 Å². The molecule has 0 saturated carbocycles. The molecule has 0 saturated heterocycles. The Bertz CT molecular complexity index is 1480. The lowest BCUT2D eigenvalue weighted by Gasteiger charge is -2.27. The van der Waals surface area contributed by atoms with Gasteiger partial charge in [-0.05, 0) is 43.3 Å². The van der Waals surface area contributed by atoms with E-state index in [1.165, 1.54) is 15.9 Å². The zero-order valence-corrected chi connectivity index (χ0v) is 24.0. The molecule has 0 aliphatic rings. The van der Waals surface area contributed by atoms with Crippen molar-refractivity contribution in [1.29, 1.82) is 0 Å². The number of carbonyl (C=O) groups is 1. The number of ketones is 1. The van der Waals surface area contributed by atoms with E-state index in [-0.39, 0.29) is 18.2 Å². The smallest absolute Gasteiger partial charge is 0.213 e. The molecule has 5 aromatic carbocycles. The number of hydrogen-bond acceptors (Lipinski definition) is 3. The van der Waals surface area contributed by atoms with Gasteiger partial charge in [-0.15, -0.1) is 17.5 Å². The molecule has 0 fully saturated rings. The molecule has 198 valence electrons. The summed E-state index contributed by atoms with van der Waals surface area (Å²) >= 11 is 0. The van der Waals surface area contributed by atoms with E-state index in [2.05, 4.69) is 96.1 Å². The van der Waals surface area contributed by atoms with Gasteiger partial charge in [0.2, 0.25) is 5.78 Å². The summed E-state index contributed by atoms with van der Waals surface area (Å²) < 4.78 is 0. The maximum atomic E-state index is 13.5. The largest absolute Gasteiger partial charge is 0.287 e. The van der Waals surface area contributed by atoms with Gasteiger partial charge in [0.05, 0.1) is 5.71 Å². The fourth-order valence-corrected chi connectivity index (χ4v) is 9.07. The average molecular weight is 562 g/mol. The van der Waals surface area contributed by atoms with Gasteiger partial charge in [0.15, 0.2) is 0 Å². The summed E-state index contributed by atoms with van der Waals surface area (Å²) in [5.41, 5.74) is 2.55. The van der Waals surface area contributed by atoms with Crippen LogP contribution in [-0.2, 0) is 0 Å². The fraction of sp³-hybridized carbons (Fsp3) is 0.0571. The van der Waals surface area contributed by atoms with Crippen LogP contribution in [0, 0.1) is 0 Å². The van der Waals surface area contributed by atoms with Crippen LogP contribution in [0.15, 0.2) is 162 Å². The lowest BCUT2D eigenvalue weighted by Crippen LogP contribution is -2.35. The molecule has 0 amide bonds. The molecule has 5 rings (SSSR count). The minimum absolute atomic E-state index is 0. The third-order valence-corrected chi connectivity index (χ3v) is 11.1. The number of benzene rings is 5. The topological polar surface area (TPSA) is 41.8 Å². The van der Waals surface area contributed by atoms with E-state index >= 15 is 0 Å². The van der Waals surface area contributed by atoms with Gasteiger partial charge >= 0.3 is 0 Å². The van der Waals surface area contributed by atoms with E-state index in [0.717, 1.165) is 11.3 Å². The monoisotopic (exact) mass is 561 g/mol. The molecule has 3 nitrogen and oxygen atoms in total. The first kappa shape index (κ1) is 28.8. The average Bonchev–Trinajstić information content (AvgIpc) is 3.02. The molecule has 0 radical (unpaired) electrons. The van der Waals surface area contributed by atoms with Crippen molar-refractivity contribution in [3.8, 4) is 0 Å². The van der Waals surface area contributed by atoms with Gasteiger partial charge in [-0.1, -0.05) is 115 Å². The highest BCUT2D eigenvalue weighted by atomic mass is 35.5. The van der Waals surface area contributed by atoms with Crippen LogP contribution in [0.1, 0.15) is 22.8 Å². The first-order valence-electron chi connectivity index (χ1n) is 13.0. The van der Waals surface area contributed by atoms with Crippen LogP contribution in [0.3, 0.4) is 0 Å². The Labute approximate surface area is 243 Å². The van der Waals surface area contributed by atoms with Crippen LogP contribution in [-0.4, -0.2) is 23.4 Å². The van der Waals surface area contributed by atoms with Crippen molar-refractivity contribution >= 4 is 52.8 Å². The normalized spacial score (nSPS) is 11.9. The predicted octanol–water partition coefficient (Wildman–Crippen LogP) is 7.15. The SMILES string of the molecule is C/C(C[P+](c1ccccc1)(c1ccccc1)c1ccccc1)=N\N=C(C(=O)c1ccccc1)c1ccccc1.Cl. The molecule has 0 atom stereocenters. The number of hydrogen-bond donors (Lipinski definition) is 0. The minimum Gasteiger partial charge on any atom is -0.287 e. The number of nitrogens with zero attached hydrogens (tertiary/aromatic N) is 2. The van der Waals surface area contributed by atoms with E-state index < -0.39 is 7.26 Å². The van der Waals surface area contributed by atoms with Crippen molar-refractivity contribution < 1.29 is 4.79 Å². The molecule has 0 spiro atoms. The Morgan fingerprint density at radius 3 is 1.27 bits per heavy atom. The van der Waals surface area contributed by atoms with E-state index in [0.29, 0.717) is 17.4 Å². The quantitative estimate of drug-likeness (QED) is 0.0815. The second kappa shape index (κ2) is 13.8. The first-order valence-corrected chi connectivity index (χ1v) is 15.0. The molecule has 0 N–H and O–H groups in total. The maximum absolute atomic E-state index is 13.5. The molecule has 0 bridgehead atoms. The van der Waals surface area contributed by atoms with Crippen LogP contribution in [0.25, 0.3) is 0 Å². The van der Waals surface area contributed by atoms with Gasteiger partial charge in [-0.2, -0.15) is 5.10 Å². The molecule has 0 unspecified atom stereocenters. The van der Waals surface area contributed by atoms with E-state index in [1.54, 1.807) is 0 Å². The van der Waals surface area contributed by atoms with Gasteiger partial charge in [0.1, 0.15) is 35.0 Å². The van der Waals surface area contributed by atoms with Crippen molar-refractivity contribution in [3.63, 3.8) is 0 Å². The third-order valence-electron chi connectivity index (χ3n) is 6.68.